The molecular weight excluding hydrogens is 252 g/mol. The Morgan fingerprint density at radius 2 is 2.20 bits per heavy atom. The highest BCUT2D eigenvalue weighted by Crippen LogP contribution is 2.21. The molecule has 5 nitrogen and oxygen atoms in total. The van der Waals surface area contributed by atoms with Crippen molar-refractivity contribution in [1.29, 1.82) is 5.26 Å². The Labute approximate surface area is 115 Å². The standard InChI is InChI=1S/C15H14N4O/c1-3-9(2)13-10(8-16)14(20)19-12-7-5-4-6-11(12)17-15(19)18-13/h4-7,9H,3H2,1-2H3,(H,17,18). The molecule has 20 heavy (non-hydrogen) atoms. The molecule has 1 N–H and O–H groups in total. The van der Waals surface area contributed by atoms with Crippen molar-refractivity contribution in [2.75, 3.05) is 0 Å². The van der Waals surface area contributed by atoms with Crippen LogP contribution in [0.4, 0.5) is 0 Å². The van der Waals surface area contributed by atoms with Crippen molar-refractivity contribution in [1.82, 2.24) is 14.4 Å². The van der Waals surface area contributed by atoms with E-state index in [2.05, 4.69) is 9.97 Å². The van der Waals surface area contributed by atoms with E-state index in [0.717, 1.165) is 17.5 Å². The van der Waals surface area contributed by atoms with Gasteiger partial charge in [0.05, 0.1) is 11.0 Å². The second-order valence-electron chi connectivity index (χ2n) is 4.90. The van der Waals surface area contributed by atoms with Crippen LogP contribution in [0.25, 0.3) is 16.8 Å². The van der Waals surface area contributed by atoms with Gasteiger partial charge in [0.15, 0.2) is 0 Å². The van der Waals surface area contributed by atoms with Crippen molar-refractivity contribution >= 4 is 16.8 Å². The molecule has 5 heteroatoms. The first kappa shape index (κ1) is 12.4. The molecule has 3 rings (SSSR count). The third kappa shape index (κ3) is 1.62. The van der Waals surface area contributed by atoms with E-state index in [-0.39, 0.29) is 17.0 Å². The van der Waals surface area contributed by atoms with Crippen LogP contribution < -0.4 is 5.56 Å². The van der Waals surface area contributed by atoms with E-state index in [0.29, 0.717) is 11.5 Å². The molecule has 0 aliphatic heterocycles. The molecule has 1 unspecified atom stereocenters. The number of aromatic amines is 1. The van der Waals surface area contributed by atoms with Crippen LogP contribution in [0, 0.1) is 11.3 Å². The number of benzene rings is 1. The zero-order chi connectivity index (χ0) is 14.3. The molecule has 0 saturated carbocycles. The number of imidazole rings is 1. The highest BCUT2D eigenvalue weighted by molar-refractivity contribution is 5.79. The minimum absolute atomic E-state index is 0.113. The van der Waals surface area contributed by atoms with Gasteiger partial charge in [-0.1, -0.05) is 26.0 Å². The van der Waals surface area contributed by atoms with Crippen molar-refractivity contribution in [3.63, 3.8) is 0 Å². The van der Waals surface area contributed by atoms with E-state index in [1.54, 1.807) is 0 Å². The number of nitrogens with one attached hydrogen (secondary N) is 1. The van der Waals surface area contributed by atoms with E-state index in [1.165, 1.54) is 4.40 Å². The Hall–Kier alpha value is -2.61. The predicted molar refractivity (Wildman–Crippen MR) is 76.7 cm³/mol. The first-order chi connectivity index (χ1) is 9.67. The van der Waals surface area contributed by atoms with Crippen LogP contribution in [-0.4, -0.2) is 14.4 Å². The number of hydrogen-bond acceptors (Lipinski definition) is 3. The zero-order valence-electron chi connectivity index (χ0n) is 11.3. The minimum Gasteiger partial charge on any atom is -0.327 e. The molecule has 0 bridgehead atoms. The molecule has 3 aromatic rings. The van der Waals surface area contributed by atoms with Gasteiger partial charge in [-0.25, -0.2) is 9.38 Å². The Balaban J connectivity index is 2.50. The summed E-state index contributed by atoms with van der Waals surface area (Å²) >= 11 is 0. The number of hydrogen-bond donors (Lipinski definition) is 1. The van der Waals surface area contributed by atoms with Gasteiger partial charge in [0.1, 0.15) is 11.6 Å². The Morgan fingerprint density at radius 1 is 1.45 bits per heavy atom. The third-order valence-corrected chi connectivity index (χ3v) is 3.71. The van der Waals surface area contributed by atoms with Crippen LogP contribution in [0.2, 0.25) is 0 Å². The van der Waals surface area contributed by atoms with E-state index in [1.807, 2.05) is 44.2 Å². The molecule has 1 aromatic carbocycles. The average Bonchev–Trinajstić information content (AvgIpc) is 2.84. The molecule has 2 heterocycles. The molecule has 0 amide bonds. The maximum atomic E-state index is 12.6. The van der Waals surface area contributed by atoms with E-state index in [9.17, 15) is 10.1 Å². The predicted octanol–water partition coefficient (Wildman–Crippen LogP) is 2.56. The number of rotatable bonds is 2. The minimum atomic E-state index is -0.301. The molecular formula is C15H14N4O. The Kier molecular flexibility index (Phi) is 2.79. The number of H-pyrrole nitrogens is 1. The fourth-order valence-electron chi connectivity index (χ4n) is 2.41. The lowest BCUT2D eigenvalue weighted by Gasteiger charge is -2.10. The molecule has 0 aliphatic rings. The Morgan fingerprint density at radius 3 is 2.90 bits per heavy atom. The molecule has 0 radical (unpaired) electrons. The van der Waals surface area contributed by atoms with Gasteiger partial charge in [-0.3, -0.25) is 4.79 Å². The molecule has 1 atom stereocenters. The summed E-state index contributed by atoms with van der Waals surface area (Å²) in [5, 5.41) is 9.31. The van der Waals surface area contributed by atoms with Gasteiger partial charge in [-0.2, -0.15) is 5.26 Å². The van der Waals surface area contributed by atoms with E-state index in [4.69, 9.17) is 0 Å². The number of nitriles is 1. The van der Waals surface area contributed by atoms with Gasteiger partial charge in [0, 0.05) is 5.69 Å². The van der Waals surface area contributed by atoms with Crippen LogP contribution in [-0.2, 0) is 0 Å². The van der Waals surface area contributed by atoms with E-state index >= 15 is 0 Å². The normalized spacial score (nSPS) is 12.7. The summed E-state index contributed by atoms with van der Waals surface area (Å²) in [4.78, 5) is 20.1. The molecule has 100 valence electrons. The van der Waals surface area contributed by atoms with Gasteiger partial charge in [0.2, 0.25) is 5.78 Å². The fraction of sp³-hybridized carbons (Fsp3) is 0.267. The SMILES string of the molecule is CCC(C)c1[nH]c2nc3ccccc3n2c(=O)c1C#N. The highest BCUT2D eigenvalue weighted by Gasteiger charge is 2.18. The van der Waals surface area contributed by atoms with Crippen LogP contribution >= 0.6 is 0 Å². The van der Waals surface area contributed by atoms with Crippen molar-refractivity contribution in [3.05, 3.63) is 45.9 Å². The summed E-state index contributed by atoms with van der Waals surface area (Å²) in [6.45, 7) is 4.02. The number of para-hydroxylation sites is 2. The smallest absolute Gasteiger partial charge is 0.277 e. The van der Waals surface area contributed by atoms with Crippen LogP contribution in [0.5, 0.6) is 0 Å². The van der Waals surface area contributed by atoms with Crippen LogP contribution in [0.3, 0.4) is 0 Å². The monoisotopic (exact) mass is 266 g/mol. The maximum absolute atomic E-state index is 12.6. The van der Waals surface area contributed by atoms with Crippen molar-refractivity contribution in [2.45, 2.75) is 26.2 Å². The van der Waals surface area contributed by atoms with Gasteiger partial charge in [-0.05, 0) is 24.5 Å². The summed E-state index contributed by atoms with van der Waals surface area (Å²) in [5.74, 6) is 0.604. The first-order valence-corrected chi connectivity index (χ1v) is 6.60. The van der Waals surface area contributed by atoms with Crippen LogP contribution in [0.1, 0.15) is 37.4 Å². The van der Waals surface area contributed by atoms with Crippen LogP contribution in [0.15, 0.2) is 29.1 Å². The third-order valence-electron chi connectivity index (χ3n) is 3.71. The van der Waals surface area contributed by atoms with Gasteiger partial charge >= 0.3 is 0 Å². The van der Waals surface area contributed by atoms with Crippen molar-refractivity contribution in [3.8, 4) is 6.07 Å². The largest absolute Gasteiger partial charge is 0.327 e. The average molecular weight is 266 g/mol. The Bertz CT molecular complexity index is 898. The van der Waals surface area contributed by atoms with Gasteiger partial charge in [0.25, 0.3) is 5.56 Å². The summed E-state index contributed by atoms with van der Waals surface area (Å²) in [6, 6.07) is 9.44. The second-order valence-corrected chi connectivity index (χ2v) is 4.90. The van der Waals surface area contributed by atoms with E-state index < -0.39 is 0 Å². The van der Waals surface area contributed by atoms with Gasteiger partial charge < -0.3 is 4.98 Å². The van der Waals surface area contributed by atoms with Gasteiger partial charge in [-0.15, -0.1) is 0 Å². The number of nitrogens with zero attached hydrogens (tertiary/aromatic N) is 3. The lowest BCUT2D eigenvalue weighted by molar-refractivity contribution is 0.701. The summed E-state index contributed by atoms with van der Waals surface area (Å²) < 4.78 is 1.47. The fourth-order valence-corrected chi connectivity index (χ4v) is 2.41. The summed E-state index contributed by atoms with van der Waals surface area (Å²) in [6.07, 6.45) is 0.848. The summed E-state index contributed by atoms with van der Waals surface area (Å²) in [7, 11) is 0. The lowest BCUT2D eigenvalue weighted by atomic mass is 10.0. The molecule has 0 aliphatic carbocycles. The summed E-state index contributed by atoms with van der Waals surface area (Å²) in [5.41, 5.74) is 2.00. The van der Waals surface area contributed by atoms with Crippen molar-refractivity contribution < 1.29 is 0 Å². The molecule has 0 saturated heterocycles. The maximum Gasteiger partial charge on any atom is 0.277 e. The van der Waals surface area contributed by atoms with Crippen molar-refractivity contribution in [2.24, 2.45) is 0 Å². The topological polar surface area (TPSA) is 74.0 Å². The molecule has 0 fully saturated rings. The quantitative estimate of drug-likeness (QED) is 0.774. The second kappa shape index (κ2) is 4.49. The number of aromatic nitrogens is 3. The lowest BCUT2D eigenvalue weighted by Crippen LogP contribution is -2.21. The zero-order valence-corrected chi connectivity index (χ0v) is 11.3. The molecule has 0 spiro atoms. The highest BCUT2D eigenvalue weighted by atomic mass is 16.1. The number of fused-ring (bicyclic) bond motifs is 3. The molecule has 2 aromatic heterocycles. The first-order valence-electron chi connectivity index (χ1n) is 6.60.